The van der Waals surface area contributed by atoms with Crippen molar-refractivity contribution in [3.05, 3.63) is 36.2 Å². The summed E-state index contributed by atoms with van der Waals surface area (Å²) in [5.41, 5.74) is 6.84. The van der Waals surface area contributed by atoms with Crippen molar-refractivity contribution in [2.24, 2.45) is 5.92 Å². The third kappa shape index (κ3) is 3.20. The average molecular weight is 233 g/mol. The second kappa shape index (κ2) is 5.19. The molecule has 0 unspecified atom stereocenters. The van der Waals surface area contributed by atoms with Gasteiger partial charge in [-0.15, -0.1) is 0 Å². The number of rotatable bonds is 3. The fourth-order valence-electron chi connectivity index (χ4n) is 2.28. The van der Waals surface area contributed by atoms with Gasteiger partial charge in [0.15, 0.2) is 0 Å². The number of nitrogens with two attached hydrogens (primary N) is 1. The number of allylic oxidation sites excluding steroid dienone is 1. The van der Waals surface area contributed by atoms with Crippen LogP contribution >= 0.6 is 0 Å². The maximum Gasteiger partial charge on any atom is 0.123 e. The first kappa shape index (κ1) is 11.9. The van der Waals surface area contributed by atoms with Crippen LogP contribution in [0.15, 0.2) is 30.7 Å². The molecular formula is C13H19N3O. The van der Waals surface area contributed by atoms with Gasteiger partial charge in [0.2, 0.25) is 0 Å². The van der Waals surface area contributed by atoms with Crippen LogP contribution in [0.4, 0.5) is 5.82 Å². The molecule has 1 aliphatic heterocycles. The minimum Gasteiger partial charge on any atom is -0.513 e. The van der Waals surface area contributed by atoms with E-state index in [1.54, 1.807) is 6.20 Å². The Labute approximate surface area is 102 Å². The van der Waals surface area contributed by atoms with E-state index < -0.39 is 0 Å². The van der Waals surface area contributed by atoms with Crippen LogP contribution in [-0.2, 0) is 6.54 Å². The van der Waals surface area contributed by atoms with Crippen LogP contribution in [0.25, 0.3) is 0 Å². The molecule has 0 radical (unpaired) electrons. The van der Waals surface area contributed by atoms with E-state index in [1.807, 2.05) is 12.1 Å². The lowest BCUT2D eigenvalue weighted by Gasteiger charge is -2.31. The second-order valence-electron chi connectivity index (χ2n) is 4.63. The van der Waals surface area contributed by atoms with Gasteiger partial charge in [0.25, 0.3) is 0 Å². The highest BCUT2D eigenvalue weighted by Gasteiger charge is 2.20. The van der Waals surface area contributed by atoms with Gasteiger partial charge in [0.1, 0.15) is 5.82 Å². The zero-order chi connectivity index (χ0) is 12.3. The van der Waals surface area contributed by atoms with Gasteiger partial charge in [0, 0.05) is 18.7 Å². The van der Waals surface area contributed by atoms with E-state index >= 15 is 0 Å². The Morgan fingerprint density at radius 3 is 2.82 bits per heavy atom. The molecule has 0 aromatic carbocycles. The molecule has 1 aromatic rings. The molecule has 3 N–H and O–H groups in total. The minimum atomic E-state index is 0.272. The first-order valence-electron chi connectivity index (χ1n) is 5.95. The van der Waals surface area contributed by atoms with Crippen molar-refractivity contribution in [2.45, 2.75) is 19.4 Å². The second-order valence-corrected chi connectivity index (χ2v) is 4.63. The molecule has 1 fully saturated rings. The molecule has 0 atom stereocenters. The van der Waals surface area contributed by atoms with E-state index in [1.165, 1.54) is 5.56 Å². The van der Waals surface area contributed by atoms with Crippen LogP contribution < -0.4 is 5.73 Å². The molecule has 2 heterocycles. The highest BCUT2D eigenvalue weighted by atomic mass is 16.3. The van der Waals surface area contributed by atoms with E-state index in [2.05, 4.69) is 16.5 Å². The molecule has 1 aromatic heterocycles. The average Bonchev–Trinajstić information content (AvgIpc) is 2.29. The van der Waals surface area contributed by atoms with E-state index in [-0.39, 0.29) is 5.92 Å². The predicted molar refractivity (Wildman–Crippen MR) is 68.4 cm³/mol. The molecule has 0 bridgehead atoms. The van der Waals surface area contributed by atoms with Crippen LogP contribution in [0.3, 0.4) is 0 Å². The van der Waals surface area contributed by atoms with Crippen molar-refractivity contribution in [3.8, 4) is 0 Å². The van der Waals surface area contributed by atoms with E-state index in [0.717, 1.165) is 32.5 Å². The Bertz CT molecular complexity index is 397. The van der Waals surface area contributed by atoms with Crippen molar-refractivity contribution >= 4 is 5.82 Å². The van der Waals surface area contributed by atoms with Crippen LogP contribution in [0.2, 0.25) is 0 Å². The molecule has 2 rings (SSSR count). The van der Waals surface area contributed by atoms with Crippen molar-refractivity contribution in [2.75, 3.05) is 18.8 Å². The van der Waals surface area contributed by atoms with Gasteiger partial charge in [-0.25, -0.2) is 4.98 Å². The number of aliphatic hydroxyl groups is 1. The number of likely N-dealkylation sites (tertiary alicyclic amines) is 1. The van der Waals surface area contributed by atoms with Crippen LogP contribution in [-0.4, -0.2) is 28.1 Å². The Hall–Kier alpha value is -1.55. The Morgan fingerprint density at radius 2 is 2.24 bits per heavy atom. The number of piperidine rings is 1. The lowest BCUT2D eigenvalue weighted by atomic mass is 9.95. The normalized spacial score (nSPS) is 18.1. The molecule has 17 heavy (non-hydrogen) atoms. The Balaban J connectivity index is 1.88. The maximum absolute atomic E-state index is 9.35. The van der Waals surface area contributed by atoms with Gasteiger partial charge in [-0.1, -0.05) is 6.58 Å². The number of aliphatic hydroxyl groups excluding tert-OH is 1. The first-order chi connectivity index (χ1) is 8.15. The van der Waals surface area contributed by atoms with Gasteiger partial charge in [-0.05, 0) is 43.6 Å². The Kier molecular flexibility index (Phi) is 3.64. The van der Waals surface area contributed by atoms with E-state index in [9.17, 15) is 5.11 Å². The van der Waals surface area contributed by atoms with Crippen LogP contribution in [0.1, 0.15) is 18.4 Å². The number of pyridine rings is 1. The summed E-state index contributed by atoms with van der Waals surface area (Å²) in [6, 6.07) is 3.91. The van der Waals surface area contributed by atoms with Crippen molar-refractivity contribution in [3.63, 3.8) is 0 Å². The van der Waals surface area contributed by atoms with E-state index in [0.29, 0.717) is 11.6 Å². The van der Waals surface area contributed by atoms with Crippen LogP contribution in [0.5, 0.6) is 0 Å². The molecule has 0 saturated carbocycles. The predicted octanol–water partition coefficient (Wildman–Crippen LogP) is 1.95. The van der Waals surface area contributed by atoms with Gasteiger partial charge in [0.05, 0.1) is 5.76 Å². The SMILES string of the molecule is C=C(O)C1CCN(Cc2ccnc(N)c2)CC1. The number of hydrogen-bond donors (Lipinski definition) is 2. The lowest BCUT2D eigenvalue weighted by Crippen LogP contribution is -2.33. The van der Waals surface area contributed by atoms with Gasteiger partial charge in [-0.2, -0.15) is 0 Å². The fraction of sp³-hybridized carbons (Fsp3) is 0.462. The zero-order valence-corrected chi connectivity index (χ0v) is 9.97. The van der Waals surface area contributed by atoms with Gasteiger partial charge >= 0.3 is 0 Å². The summed E-state index contributed by atoms with van der Waals surface area (Å²) >= 11 is 0. The molecule has 92 valence electrons. The summed E-state index contributed by atoms with van der Waals surface area (Å²) in [6.45, 7) is 6.50. The molecule has 1 aliphatic rings. The fourth-order valence-corrected chi connectivity index (χ4v) is 2.28. The highest BCUT2D eigenvalue weighted by molar-refractivity contribution is 5.31. The quantitative estimate of drug-likeness (QED) is 0.783. The third-order valence-electron chi connectivity index (χ3n) is 3.31. The summed E-state index contributed by atoms with van der Waals surface area (Å²) in [5.74, 6) is 1.17. The molecule has 0 aliphatic carbocycles. The molecular weight excluding hydrogens is 214 g/mol. The zero-order valence-electron chi connectivity index (χ0n) is 9.97. The van der Waals surface area contributed by atoms with Crippen molar-refractivity contribution in [1.82, 2.24) is 9.88 Å². The first-order valence-corrected chi connectivity index (χ1v) is 5.95. The topological polar surface area (TPSA) is 62.4 Å². The van der Waals surface area contributed by atoms with Crippen molar-refractivity contribution < 1.29 is 5.11 Å². The number of anilines is 1. The van der Waals surface area contributed by atoms with E-state index in [4.69, 9.17) is 5.73 Å². The van der Waals surface area contributed by atoms with Gasteiger partial charge < -0.3 is 10.8 Å². The number of nitrogen functional groups attached to an aromatic ring is 1. The molecule has 1 saturated heterocycles. The number of aromatic nitrogens is 1. The molecule has 4 nitrogen and oxygen atoms in total. The summed E-state index contributed by atoms with van der Waals surface area (Å²) in [7, 11) is 0. The third-order valence-corrected chi connectivity index (χ3v) is 3.31. The van der Waals surface area contributed by atoms with Crippen molar-refractivity contribution in [1.29, 1.82) is 0 Å². The standard InChI is InChI=1S/C13H19N3O/c1-10(17)12-3-6-16(7-4-12)9-11-2-5-15-13(14)8-11/h2,5,8,12,17H,1,3-4,6-7,9H2,(H2,14,15). The lowest BCUT2D eigenvalue weighted by molar-refractivity contribution is 0.166. The number of hydrogen-bond acceptors (Lipinski definition) is 4. The molecule has 4 heteroatoms. The monoisotopic (exact) mass is 233 g/mol. The smallest absolute Gasteiger partial charge is 0.123 e. The molecule has 0 spiro atoms. The van der Waals surface area contributed by atoms with Crippen LogP contribution in [0, 0.1) is 5.92 Å². The summed E-state index contributed by atoms with van der Waals surface area (Å²) in [4.78, 5) is 6.35. The largest absolute Gasteiger partial charge is 0.513 e. The summed E-state index contributed by atoms with van der Waals surface area (Å²) in [5, 5.41) is 9.35. The number of nitrogens with zero attached hydrogens (tertiary/aromatic N) is 2. The summed E-state index contributed by atoms with van der Waals surface area (Å²) in [6.07, 6.45) is 3.71. The molecule has 0 amide bonds. The minimum absolute atomic E-state index is 0.272. The maximum atomic E-state index is 9.35. The summed E-state index contributed by atoms with van der Waals surface area (Å²) < 4.78 is 0. The highest BCUT2D eigenvalue weighted by Crippen LogP contribution is 2.23. The van der Waals surface area contributed by atoms with Gasteiger partial charge in [-0.3, -0.25) is 4.90 Å². The Morgan fingerprint density at radius 1 is 1.53 bits per heavy atom.